The molecule has 16 heavy (non-hydrogen) atoms. The van der Waals surface area contributed by atoms with Crippen LogP contribution in [-0.4, -0.2) is 50.0 Å². The number of rotatable bonds is 6. The Morgan fingerprint density at radius 1 is 1.12 bits per heavy atom. The first-order valence-electron chi connectivity index (χ1n) is 5.90. The monoisotopic (exact) mass is 237 g/mol. The van der Waals surface area contributed by atoms with Crippen LogP contribution in [0, 0.1) is 0 Å². The zero-order valence-electron chi connectivity index (χ0n) is 10.0. The second kappa shape index (κ2) is 6.47. The quantitative estimate of drug-likeness (QED) is 0.660. The van der Waals surface area contributed by atoms with Gasteiger partial charge in [-0.3, -0.25) is 4.90 Å². The summed E-state index contributed by atoms with van der Waals surface area (Å²) in [7, 11) is 0. The second-order valence-corrected chi connectivity index (χ2v) is 4.00. The molecular weight excluding hydrogens is 216 g/mol. The summed E-state index contributed by atoms with van der Waals surface area (Å²) >= 11 is 0. The van der Waals surface area contributed by atoms with E-state index in [9.17, 15) is 8.78 Å². The van der Waals surface area contributed by atoms with Gasteiger partial charge in [0.2, 0.25) is 0 Å². The molecule has 0 N–H and O–H groups in total. The van der Waals surface area contributed by atoms with Crippen LogP contribution in [0.2, 0.25) is 0 Å². The maximum Gasteiger partial charge on any atom is 0.250 e. The van der Waals surface area contributed by atoms with E-state index in [1.54, 1.807) is 0 Å². The minimum Gasteiger partial charge on any atom is -0.352 e. The number of hydrogen-bond donors (Lipinski definition) is 0. The van der Waals surface area contributed by atoms with Crippen molar-refractivity contribution in [1.29, 1.82) is 0 Å². The molecule has 0 aromatic rings. The summed E-state index contributed by atoms with van der Waals surface area (Å²) in [6.45, 7) is 6.38. The lowest BCUT2D eigenvalue weighted by molar-refractivity contribution is -0.155. The van der Waals surface area contributed by atoms with E-state index in [4.69, 9.17) is 9.47 Å². The summed E-state index contributed by atoms with van der Waals surface area (Å²) in [5.74, 6) is -2.48. The number of alkyl halides is 2. The highest BCUT2D eigenvalue weighted by molar-refractivity contribution is 4.77. The molecule has 1 fully saturated rings. The first kappa shape index (κ1) is 13.8. The van der Waals surface area contributed by atoms with Crippen molar-refractivity contribution in [2.75, 3.05) is 32.8 Å². The average Bonchev–Trinajstić information content (AvgIpc) is 2.22. The molecule has 0 aliphatic carbocycles. The Morgan fingerprint density at radius 3 is 2.06 bits per heavy atom. The van der Waals surface area contributed by atoms with Gasteiger partial charge in [0, 0.05) is 45.7 Å². The summed E-state index contributed by atoms with van der Waals surface area (Å²) < 4.78 is 36.6. The van der Waals surface area contributed by atoms with Crippen LogP contribution in [0.25, 0.3) is 0 Å². The van der Waals surface area contributed by atoms with Crippen molar-refractivity contribution in [2.45, 2.75) is 38.9 Å². The molecule has 1 saturated heterocycles. The average molecular weight is 237 g/mol. The molecule has 1 aliphatic rings. The topological polar surface area (TPSA) is 21.7 Å². The van der Waals surface area contributed by atoms with E-state index in [0.29, 0.717) is 32.8 Å². The predicted octanol–water partition coefficient (Wildman–Crippen LogP) is 2.12. The SMILES string of the molecule is CCOC(CN1CCC(F)(F)CC1)OCC. The van der Waals surface area contributed by atoms with Gasteiger partial charge in [-0.25, -0.2) is 8.78 Å². The molecule has 0 aromatic heterocycles. The third-order valence-electron chi connectivity index (χ3n) is 2.70. The van der Waals surface area contributed by atoms with Crippen molar-refractivity contribution in [3.63, 3.8) is 0 Å². The number of likely N-dealkylation sites (tertiary alicyclic amines) is 1. The van der Waals surface area contributed by atoms with Crippen LogP contribution in [0.3, 0.4) is 0 Å². The van der Waals surface area contributed by atoms with Gasteiger partial charge in [-0.1, -0.05) is 0 Å². The molecule has 0 aromatic carbocycles. The molecule has 0 atom stereocenters. The van der Waals surface area contributed by atoms with Crippen LogP contribution in [0.5, 0.6) is 0 Å². The van der Waals surface area contributed by atoms with Crippen LogP contribution >= 0.6 is 0 Å². The molecule has 1 heterocycles. The number of piperidine rings is 1. The molecule has 0 spiro atoms. The van der Waals surface area contributed by atoms with Crippen molar-refractivity contribution in [1.82, 2.24) is 4.90 Å². The van der Waals surface area contributed by atoms with Crippen LogP contribution in [0.4, 0.5) is 8.78 Å². The molecule has 3 nitrogen and oxygen atoms in total. The molecular formula is C11H21F2NO2. The summed E-state index contributed by atoms with van der Waals surface area (Å²) in [5, 5.41) is 0. The van der Waals surface area contributed by atoms with Crippen LogP contribution in [0.1, 0.15) is 26.7 Å². The molecule has 1 aliphatic heterocycles. The molecule has 0 amide bonds. The van der Waals surface area contributed by atoms with E-state index in [1.807, 2.05) is 18.7 Å². The summed E-state index contributed by atoms with van der Waals surface area (Å²) in [4.78, 5) is 1.98. The largest absolute Gasteiger partial charge is 0.352 e. The summed E-state index contributed by atoms with van der Waals surface area (Å²) in [6, 6.07) is 0. The van der Waals surface area contributed by atoms with Gasteiger partial charge in [0.1, 0.15) is 0 Å². The Hall–Kier alpha value is -0.260. The highest BCUT2D eigenvalue weighted by atomic mass is 19.3. The molecule has 5 heteroatoms. The van der Waals surface area contributed by atoms with Crippen molar-refractivity contribution in [3.8, 4) is 0 Å². The van der Waals surface area contributed by atoms with E-state index in [1.165, 1.54) is 0 Å². The Bertz CT molecular complexity index is 186. The molecule has 1 rings (SSSR count). The fraction of sp³-hybridized carbons (Fsp3) is 1.00. The Labute approximate surface area is 95.7 Å². The van der Waals surface area contributed by atoms with Crippen LogP contribution < -0.4 is 0 Å². The van der Waals surface area contributed by atoms with Gasteiger partial charge < -0.3 is 9.47 Å². The van der Waals surface area contributed by atoms with E-state index < -0.39 is 5.92 Å². The van der Waals surface area contributed by atoms with Crippen molar-refractivity contribution >= 4 is 0 Å². The van der Waals surface area contributed by atoms with Crippen molar-refractivity contribution in [3.05, 3.63) is 0 Å². The fourth-order valence-corrected chi connectivity index (χ4v) is 1.80. The molecule has 0 unspecified atom stereocenters. The maximum absolute atomic E-state index is 12.9. The minimum absolute atomic E-state index is 0.0576. The Kier molecular flexibility index (Phi) is 5.58. The van der Waals surface area contributed by atoms with Crippen LogP contribution in [-0.2, 0) is 9.47 Å². The summed E-state index contributed by atoms with van der Waals surface area (Å²) in [5.41, 5.74) is 0. The lowest BCUT2D eigenvalue weighted by atomic mass is 10.1. The van der Waals surface area contributed by atoms with E-state index >= 15 is 0 Å². The molecule has 0 saturated carbocycles. The van der Waals surface area contributed by atoms with Gasteiger partial charge in [0.05, 0.1) is 0 Å². The number of halogens is 2. The van der Waals surface area contributed by atoms with Crippen molar-refractivity contribution in [2.24, 2.45) is 0 Å². The standard InChI is InChI=1S/C11H21F2NO2/c1-3-15-10(16-4-2)9-14-7-5-11(12,13)6-8-14/h10H,3-9H2,1-2H3. The first-order valence-corrected chi connectivity index (χ1v) is 5.90. The zero-order valence-corrected chi connectivity index (χ0v) is 10.0. The Balaban J connectivity index is 2.30. The molecule has 0 radical (unpaired) electrons. The smallest absolute Gasteiger partial charge is 0.250 e. The number of ether oxygens (including phenoxy) is 2. The van der Waals surface area contributed by atoms with E-state index in [2.05, 4.69) is 0 Å². The van der Waals surface area contributed by atoms with Gasteiger partial charge in [0.25, 0.3) is 5.92 Å². The van der Waals surface area contributed by atoms with Gasteiger partial charge in [-0.15, -0.1) is 0 Å². The number of nitrogens with zero attached hydrogens (tertiary/aromatic N) is 1. The van der Waals surface area contributed by atoms with Gasteiger partial charge in [-0.05, 0) is 13.8 Å². The van der Waals surface area contributed by atoms with E-state index in [0.717, 1.165) is 0 Å². The third kappa shape index (κ3) is 4.72. The molecule has 96 valence electrons. The summed E-state index contributed by atoms with van der Waals surface area (Å²) in [6.07, 6.45) is -0.405. The second-order valence-electron chi connectivity index (χ2n) is 4.00. The number of hydrogen-bond acceptors (Lipinski definition) is 3. The van der Waals surface area contributed by atoms with Crippen molar-refractivity contribution < 1.29 is 18.3 Å². The lowest BCUT2D eigenvalue weighted by Crippen LogP contribution is -2.44. The normalized spacial score (nSPS) is 21.6. The predicted molar refractivity (Wildman–Crippen MR) is 57.7 cm³/mol. The maximum atomic E-state index is 12.9. The van der Waals surface area contributed by atoms with Gasteiger partial charge in [0.15, 0.2) is 6.29 Å². The van der Waals surface area contributed by atoms with Gasteiger partial charge in [-0.2, -0.15) is 0 Å². The third-order valence-corrected chi connectivity index (χ3v) is 2.70. The fourth-order valence-electron chi connectivity index (χ4n) is 1.80. The molecule has 0 bridgehead atoms. The van der Waals surface area contributed by atoms with E-state index in [-0.39, 0.29) is 19.1 Å². The van der Waals surface area contributed by atoms with Gasteiger partial charge >= 0.3 is 0 Å². The lowest BCUT2D eigenvalue weighted by Gasteiger charge is -2.33. The first-order chi connectivity index (χ1) is 7.57. The minimum atomic E-state index is -2.48. The Morgan fingerprint density at radius 2 is 1.62 bits per heavy atom. The zero-order chi connectivity index (χ0) is 12.0. The highest BCUT2D eigenvalue weighted by Gasteiger charge is 2.34. The highest BCUT2D eigenvalue weighted by Crippen LogP contribution is 2.27. The van der Waals surface area contributed by atoms with Crippen LogP contribution in [0.15, 0.2) is 0 Å².